The van der Waals surface area contributed by atoms with Gasteiger partial charge in [-0.15, -0.1) is 0 Å². The number of benzene rings is 1. The van der Waals surface area contributed by atoms with E-state index in [4.69, 9.17) is 11.6 Å². The Morgan fingerprint density at radius 2 is 1.88 bits per heavy atom. The van der Waals surface area contributed by atoms with Crippen molar-refractivity contribution in [1.29, 1.82) is 0 Å². The van der Waals surface area contributed by atoms with Gasteiger partial charge in [-0.25, -0.2) is 4.98 Å². The van der Waals surface area contributed by atoms with Crippen LogP contribution in [0.25, 0.3) is 0 Å². The number of amides is 1. The second-order valence-electron chi connectivity index (χ2n) is 6.41. The average molecular weight is 362 g/mol. The molecule has 1 saturated heterocycles. The Bertz CT molecular complexity index is 720. The van der Waals surface area contributed by atoms with Crippen molar-refractivity contribution in [1.82, 2.24) is 19.4 Å². The van der Waals surface area contributed by atoms with Gasteiger partial charge in [0.1, 0.15) is 0 Å². The van der Waals surface area contributed by atoms with E-state index >= 15 is 0 Å². The standard InChI is InChI=1S/C18H24ClN5O/c1-14(25)24-9-7-23(8-10-24)13-15-3-5-16(6-4-15)20-11-17-12-21-18(19)22(17)2/h3-6,12,20H,7-11,13H2,1-2H3. The number of hydrogen-bond acceptors (Lipinski definition) is 4. The van der Waals surface area contributed by atoms with Crippen LogP contribution in [0.4, 0.5) is 5.69 Å². The number of halogens is 1. The molecule has 0 bridgehead atoms. The number of carbonyl (C=O) groups excluding carboxylic acids is 1. The minimum absolute atomic E-state index is 0.171. The van der Waals surface area contributed by atoms with Gasteiger partial charge in [-0.2, -0.15) is 0 Å². The van der Waals surface area contributed by atoms with E-state index < -0.39 is 0 Å². The zero-order valence-corrected chi connectivity index (χ0v) is 15.5. The Balaban J connectivity index is 1.49. The van der Waals surface area contributed by atoms with Crippen LogP contribution < -0.4 is 5.32 Å². The van der Waals surface area contributed by atoms with Crippen LogP contribution in [0.1, 0.15) is 18.2 Å². The van der Waals surface area contributed by atoms with Gasteiger partial charge < -0.3 is 14.8 Å². The third-order valence-corrected chi connectivity index (χ3v) is 5.03. The third kappa shape index (κ3) is 4.52. The van der Waals surface area contributed by atoms with Crippen molar-refractivity contribution in [2.45, 2.75) is 20.0 Å². The maximum absolute atomic E-state index is 11.4. The molecule has 0 atom stereocenters. The van der Waals surface area contributed by atoms with Crippen molar-refractivity contribution in [2.24, 2.45) is 7.05 Å². The average Bonchev–Trinajstić information content (AvgIpc) is 2.93. The molecule has 1 amide bonds. The number of piperazine rings is 1. The van der Waals surface area contributed by atoms with E-state index in [9.17, 15) is 4.79 Å². The molecular weight excluding hydrogens is 338 g/mol. The smallest absolute Gasteiger partial charge is 0.219 e. The number of aromatic nitrogens is 2. The fourth-order valence-corrected chi connectivity index (χ4v) is 3.14. The van der Waals surface area contributed by atoms with Gasteiger partial charge in [0.15, 0.2) is 0 Å². The highest BCUT2D eigenvalue weighted by atomic mass is 35.5. The first kappa shape index (κ1) is 17.8. The van der Waals surface area contributed by atoms with Gasteiger partial charge in [-0.3, -0.25) is 9.69 Å². The van der Waals surface area contributed by atoms with Crippen LogP contribution in [0.5, 0.6) is 0 Å². The molecule has 1 aliphatic heterocycles. The molecule has 6 nitrogen and oxygen atoms in total. The van der Waals surface area contributed by atoms with Crippen LogP contribution >= 0.6 is 11.6 Å². The quantitative estimate of drug-likeness (QED) is 0.888. The van der Waals surface area contributed by atoms with Crippen molar-refractivity contribution in [3.05, 3.63) is 47.0 Å². The Morgan fingerprint density at radius 1 is 1.20 bits per heavy atom. The highest BCUT2D eigenvalue weighted by molar-refractivity contribution is 6.28. The molecule has 1 aliphatic rings. The maximum atomic E-state index is 11.4. The van der Waals surface area contributed by atoms with Crippen LogP contribution in [0.2, 0.25) is 5.28 Å². The first-order valence-electron chi connectivity index (χ1n) is 8.49. The fourth-order valence-electron chi connectivity index (χ4n) is 2.98. The van der Waals surface area contributed by atoms with E-state index in [-0.39, 0.29) is 5.91 Å². The molecule has 1 aromatic carbocycles. The molecule has 3 rings (SSSR count). The molecular formula is C18H24ClN5O. The maximum Gasteiger partial charge on any atom is 0.219 e. The molecule has 0 spiro atoms. The second kappa shape index (κ2) is 7.89. The van der Waals surface area contributed by atoms with Crippen LogP contribution in [0.15, 0.2) is 30.5 Å². The van der Waals surface area contributed by atoms with Gasteiger partial charge in [0.05, 0.1) is 18.4 Å². The Hall–Kier alpha value is -2.05. The van der Waals surface area contributed by atoms with E-state index in [1.165, 1.54) is 5.56 Å². The van der Waals surface area contributed by atoms with Crippen LogP contribution in [-0.4, -0.2) is 51.4 Å². The zero-order valence-electron chi connectivity index (χ0n) is 14.7. The lowest BCUT2D eigenvalue weighted by molar-refractivity contribution is -0.130. The Labute approximate surface area is 153 Å². The molecule has 1 fully saturated rings. The molecule has 7 heteroatoms. The van der Waals surface area contributed by atoms with Crippen molar-refractivity contribution in [2.75, 3.05) is 31.5 Å². The van der Waals surface area contributed by atoms with E-state index in [1.807, 2.05) is 16.5 Å². The predicted molar refractivity (Wildman–Crippen MR) is 99.5 cm³/mol. The van der Waals surface area contributed by atoms with Gasteiger partial charge in [0, 0.05) is 52.4 Å². The normalized spacial score (nSPS) is 15.4. The summed E-state index contributed by atoms with van der Waals surface area (Å²) in [6.45, 7) is 6.75. The highest BCUT2D eigenvalue weighted by Gasteiger charge is 2.18. The van der Waals surface area contributed by atoms with Gasteiger partial charge in [-0.05, 0) is 29.3 Å². The zero-order chi connectivity index (χ0) is 17.8. The number of hydrogen-bond donors (Lipinski definition) is 1. The lowest BCUT2D eigenvalue weighted by Crippen LogP contribution is -2.47. The highest BCUT2D eigenvalue weighted by Crippen LogP contribution is 2.15. The van der Waals surface area contributed by atoms with Crippen molar-refractivity contribution >= 4 is 23.2 Å². The molecule has 2 aromatic rings. The summed E-state index contributed by atoms with van der Waals surface area (Å²) in [5.41, 5.74) is 3.39. The number of imidazole rings is 1. The first-order chi connectivity index (χ1) is 12.0. The predicted octanol–water partition coefficient (Wildman–Crippen LogP) is 2.35. The molecule has 1 N–H and O–H groups in total. The number of carbonyl (C=O) groups is 1. The summed E-state index contributed by atoms with van der Waals surface area (Å²) in [6, 6.07) is 8.49. The van der Waals surface area contributed by atoms with Crippen LogP contribution in [0.3, 0.4) is 0 Å². The lowest BCUT2D eigenvalue weighted by Gasteiger charge is -2.34. The van der Waals surface area contributed by atoms with Crippen molar-refractivity contribution in [3.63, 3.8) is 0 Å². The van der Waals surface area contributed by atoms with Gasteiger partial charge >= 0.3 is 0 Å². The number of nitrogens with zero attached hydrogens (tertiary/aromatic N) is 4. The third-order valence-electron chi connectivity index (χ3n) is 4.68. The Morgan fingerprint density at radius 3 is 2.44 bits per heavy atom. The summed E-state index contributed by atoms with van der Waals surface area (Å²) in [5, 5.41) is 3.88. The van der Waals surface area contributed by atoms with E-state index in [0.717, 1.165) is 44.1 Å². The van der Waals surface area contributed by atoms with Gasteiger partial charge in [-0.1, -0.05) is 12.1 Å². The fraction of sp³-hybridized carbons (Fsp3) is 0.444. The summed E-state index contributed by atoms with van der Waals surface area (Å²) in [5.74, 6) is 0.171. The van der Waals surface area contributed by atoms with Crippen molar-refractivity contribution < 1.29 is 4.79 Å². The molecule has 0 aliphatic carbocycles. The molecule has 0 unspecified atom stereocenters. The second-order valence-corrected chi connectivity index (χ2v) is 6.75. The molecule has 134 valence electrons. The van der Waals surface area contributed by atoms with Crippen LogP contribution in [-0.2, 0) is 24.9 Å². The van der Waals surface area contributed by atoms with E-state index in [2.05, 4.69) is 39.5 Å². The van der Waals surface area contributed by atoms with E-state index in [0.29, 0.717) is 11.8 Å². The van der Waals surface area contributed by atoms with Gasteiger partial charge in [0.25, 0.3) is 0 Å². The minimum Gasteiger partial charge on any atom is -0.379 e. The first-order valence-corrected chi connectivity index (χ1v) is 8.87. The number of rotatable bonds is 5. The summed E-state index contributed by atoms with van der Waals surface area (Å²) in [7, 11) is 1.90. The van der Waals surface area contributed by atoms with Gasteiger partial charge in [0.2, 0.25) is 11.2 Å². The SMILES string of the molecule is CC(=O)N1CCN(Cc2ccc(NCc3cnc(Cl)n3C)cc2)CC1. The summed E-state index contributed by atoms with van der Waals surface area (Å²) < 4.78 is 1.86. The van der Waals surface area contributed by atoms with E-state index in [1.54, 1.807) is 13.1 Å². The summed E-state index contributed by atoms with van der Waals surface area (Å²) in [4.78, 5) is 19.8. The monoisotopic (exact) mass is 361 g/mol. The minimum atomic E-state index is 0.171. The molecule has 0 radical (unpaired) electrons. The number of anilines is 1. The summed E-state index contributed by atoms with van der Waals surface area (Å²) >= 11 is 5.95. The Kier molecular flexibility index (Phi) is 5.60. The molecule has 0 saturated carbocycles. The number of nitrogens with one attached hydrogen (secondary N) is 1. The van der Waals surface area contributed by atoms with Crippen LogP contribution in [0, 0.1) is 0 Å². The lowest BCUT2D eigenvalue weighted by atomic mass is 10.1. The largest absolute Gasteiger partial charge is 0.379 e. The molecule has 1 aromatic heterocycles. The summed E-state index contributed by atoms with van der Waals surface area (Å²) in [6.07, 6.45) is 1.78. The molecule has 2 heterocycles. The topological polar surface area (TPSA) is 53.4 Å². The van der Waals surface area contributed by atoms with Crippen molar-refractivity contribution in [3.8, 4) is 0 Å². The molecule has 25 heavy (non-hydrogen) atoms.